The van der Waals surface area contributed by atoms with Gasteiger partial charge in [0, 0.05) is 6.08 Å². The van der Waals surface area contributed by atoms with Gasteiger partial charge in [0.25, 0.3) is 0 Å². The highest BCUT2D eigenvalue weighted by molar-refractivity contribution is 6.32. The molecule has 0 bridgehead atoms. The fraction of sp³-hybridized carbons (Fsp3) is 0.0833. The minimum Gasteiger partial charge on any atom is -0.479 e. The number of hydrogen-bond donors (Lipinski definition) is 1. The highest BCUT2D eigenvalue weighted by Crippen LogP contribution is 2.25. The minimum absolute atomic E-state index is 0.143. The SMILES string of the molecule is C#CCOc1ccc(C=CC(=O)O)cc1Cl. The van der Waals surface area contributed by atoms with Crippen molar-refractivity contribution in [2.24, 2.45) is 0 Å². The lowest BCUT2D eigenvalue weighted by molar-refractivity contribution is -0.131. The number of carboxylic acid groups (broad SMARTS) is 1. The molecule has 1 rings (SSSR count). The van der Waals surface area contributed by atoms with Crippen LogP contribution in [0.4, 0.5) is 0 Å². The normalized spacial score (nSPS) is 10.0. The number of hydrogen-bond acceptors (Lipinski definition) is 2. The summed E-state index contributed by atoms with van der Waals surface area (Å²) in [6, 6.07) is 4.94. The molecule has 0 fully saturated rings. The predicted molar refractivity (Wildman–Crippen MR) is 62.4 cm³/mol. The van der Waals surface area contributed by atoms with Gasteiger partial charge in [-0.2, -0.15) is 0 Å². The first-order valence-corrected chi connectivity index (χ1v) is 4.78. The first-order valence-electron chi connectivity index (χ1n) is 4.40. The smallest absolute Gasteiger partial charge is 0.328 e. The Morgan fingerprint density at radius 3 is 2.94 bits per heavy atom. The van der Waals surface area contributed by atoms with Crippen LogP contribution in [-0.4, -0.2) is 17.7 Å². The number of carboxylic acids is 1. The van der Waals surface area contributed by atoms with Gasteiger partial charge >= 0.3 is 5.97 Å². The van der Waals surface area contributed by atoms with Crippen molar-refractivity contribution in [3.05, 3.63) is 34.9 Å². The molecule has 0 saturated heterocycles. The Morgan fingerprint density at radius 2 is 2.38 bits per heavy atom. The third-order valence-electron chi connectivity index (χ3n) is 1.69. The summed E-state index contributed by atoms with van der Waals surface area (Å²) in [4.78, 5) is 10.3. The molecule has 0 spiro atoms. The van der Waals surface area contributed by atoms with Crippen LogP contribution in [0.25, 0.3) is 6.08 Å². The number of terminal acetylenes is 1. The molecule has 4 heteroatoms. The number of carbonyl (C=O) groups is 1. The van der Waals surface area contributed by atoms with Crippen LogP contribution in [0.2, 0.25) is 5.02 Å². The Hall–Kier alpha value is -1.92. The van der Waals surface area contributed by atoms with Crippen LogP contribution < -0.4 is 4.74 Å². The average molecular weight is 237 g/mol. The third-order valence-corrected chi connectivity index (χ3v) is 1.98. The molecule has 0 heterocycles. The van der Waals surface area contributed by atoms with Gasteiger partial charge < -0.3 is 9.84 Å². The van der Waals surface area contributed by atoms with Crippen molar-refractivity contribution in [3.8, 4) is 18.1 Å². The highest BCUT2D eigenvalue weighted by Gasteiger charge is 2.01. The van der Waals surface area contributed by atoms with E-state index in [2.05, 4.69) is 5.92 Å². The molecule has 1 N–H and O–H groups in total. The first-order chi connectivity index (χ1) is 7.63. The molecule has 3 nitrogen and oxygen atoms in total. The molecule has 1 aromatic carbocycles. The maximum absolute atomic E-state index is 10.3. The van der Waals surface area contributed by atoms with Crippen molar-refractivity contribution < 1.29 is 14.6 Å². The standard InChI is InChI=1S/C12H9ClO3/c1-2-7-16-11-5-3-9(8-10(11)13)4-6-12(14)15/h1,3-6,8H,7H2,(H,14,15). The van der Waals surface area contributed by atoms with Gasteiger partial charge in [0.05, 0.1) is 5.02 Å². The van der Waals surface area contributed by atoms with E-state index in [1.807, 2.05) is 0 Å². The summed E-state index contributed by atoms with van der Waals surface area (Å²) < 4.78 is 5.16. The van der Waals surface area contributed by atoms with Gasteiger partial charge in [0.1, 0.15) is 12.4 Å². The van der Waals surface area contributed by atoms with Crippen molar-refractivity contribution in [2.45, 2.75) is 0 Å². The first kappa shape index (κ1) is 12.2. The predicted octanol–water partition coefficient (Wildman–Crippen LogP) is 2.45. The number of ether oxygens (including phenoxy) is 1. The second-order valence-electron chi connectivity index (χ2n) is 2.85. The zero-order valence-corrected chi connectivity index (χ0v) is 9.07. The monoisotopic (exact) mass is 236 g/mol. The molecule has 0 radical (unpaired) electrons. The fourth-order valence-corrected chi connectivity index (χ4v) is 1.27. The Kier molecular flexibility index (Phi) is 4.43. The van der Waals surface area contributed by atoms with E-state index in [4.69, 9.17) is 27.9 Å². The van der Waals surface area contributed by atoms with Crippen molar-refractivity contribution >= 4 is 23.6 Å². The molecule has 0 amide bonds. The Bertz CT molecular complexity index is 458. The zero-order chi connectivity index (χ0) is 12.0. The van der Waals surface area contributed by atoms with Crippen LogP contribution >= 0.6 is 11.6 Å². The molecule has 1 aromatic rings. The molecule has 0 aliphatic carbocycles. The molecule has 0 unspecified atom stereocenters. The lowest BCUT2D eigenvalue weighted by Crippen LogP contribution is -1.94. The summed E-state index contributed by atoms with van der Waals surface area (Å²) in [5.74, 6) is 1.79. The summed E-state index contributed by atoms with van der Waals surface area (Å²) in [6.45, 7) is 0.143. The second kappa shape index (κ2) is 5.84. The lowest BCUT2D eigenvalue weighted by Gasteiger charge is -2.05. The van der Waals surface area contributed by atoms with Crippen LogP contribution in [0.5, 0.6) is 5.75 Å². The molecule has 0 aliphatic rings. The molecule has 82 valence electrons. The minimum atomic E-state index is -1.01. The topological polar surface area (TPSA) is 46.5 Å². The van der Waals surface area contributed by atoms with Gasteiger partial charge in [-0.05, 0) is 23.8 Å². The van der Waals surface area contributed by atoms with E-state index in [9.17, 15) is 4.79 Å². The number of benzene rings is 1. The van der Waals surface area contributed by atoms with Gasteiger partial charge in [-0.25, -0.2) is 4.79 Å². The van der Waals surface area contributed by atoms with E-state index >= 15 is 0 Å². The van der Waals surface area contributed by atoms with Crippen LogP contribution in [-0.2, 0) is 4.79 Å². The van der Waals surface area contributed by atoms with Crippen LogP contribution in [0.15, 0.2) is 24.3 Å². The van der Waals surface area contributed by atoms with Gasteiger partial charge in [-0.15, -0.1) is 6.42 Å². The Balaban J connectivity index is 2.83. The second-order valence-corrected chi connectivity index (χ2v) is 3.26. The molecule has 0 aliphatic heterocycles. The summed E-state index contributed by atoms with van der Waals surface area (Å²) in [5, 5.41) is 8.84. The molecule has 16 heavy (non-hydrogen) atoms. The van der Waals surface area contributed by atoms with Gasteiger partial charge in [0.2, 0.25) is 0 Å². The van der Waals surface area contributed by atoms with E-state index in [1.54, 1.807) is 18.2 Å². The van der Waals surface area contributed by atoms with Gasteiger partial charge in [0.15, 0.2) is 0 Å². The molecule has 0 aromatic heterocycles. The van der Waals surface area contributed by atoms with E-state index in [1.165, 1.54) is 6.08 Å². The Morgan fingerprint density at radius 1 is 1.62 bits per heavy atom. The molecular weight excluding hydrogens is 228 g/mol. The number of aliphatic carboxylic acids is 1. The lowest BCUT2D eigenvalue weighted by atomic mass is 10.2. The summed E-state index contributed by atoms with van der Waals surface area (Å²) in [5.41, 5.74) is 0.681. The Labute approximate surface area is 98.3 Å². The third kappa shape index (κ3) is 3.68. The van der Waals surface area contributed by atoms with Crippen molar-refractivity contribution in [3.63, 3.8) is 0 Å². The van der Waals surface area contributed by atoms with Crippen LogP contribution in [0, 0.1) is 12.3 Å². The van der Waals surface area contributed by atoms with Crippen LogP contribution in [0.1, 0.15) is 5.56 Å². The van der Waals surface area contributed by atoms with E-state index in [0.29, 0.717) is 16.3 Å². The maximum Gasteiger partial charge on any atom is 0.328 e. The van der Waals surface area contributed by atoms with E-state index in [0.717, 1.165) is 6.08 Å². The fourth-order valence-electron chi connectivity index (χ4n) is 1.02. The summed E-state index contributed by atoms with van der Waals surface area (Å²) in [6.07, 6.45) is 7.52. The van der Waals surface area contributed by atoms with Crippen molar-refractivity contribution in [1.29, 1.82) is 0 Å². The van der Waals surface area contributed by atoms with Crippen molar-refractivity contribution in [1.82, 2.24) is 0 Å². The van der Waals surface area contributed by atoms with Crippen molar-refractivity contribution in [2.75, 3.05) is 6.61 Å². The van der Waals surface area contributed by atoms with Gasteiger partial charge in [-0.1, -0.05) is 23.6 Å². The van der Waals surface area contributed by atoms with Crippen LogP contribution in [0.3, 0.4) is 0 Å². The van der Waals surface area contributed by atoms with E-state index < -0.39 is 5.97 Å². The number of rotatable bonds is 4. The van der Waals surface area contributed by atoms with Gasteiger partial charge in [-0.3, -0.25) is 0 Å². The molecule has 0 saturated carbocycles. The summed E-state index contributed by atoms with van der Waals surface area (Å²) >= 11 is 5.91. The number of halogens is 1. The summed E-state index contributed by atoms with van der Waals surface area (Å²) in [7, 11) is 0. The largest absolute Gasteiger partial charge is 0.479 e. The maximum atomic E-state index is 10.3. The van der Waals surface area contributed by atoms with E-state index in [-0.39, 0.29) is 6.61 Å². The molecule has 0 atom stereocenters. The quantitative estimate of drug-likeness (QED) is 0.645. The highest BCUT2D eigenvalue weighted by atomic mass is 35.5. The molecular formula is C12H9ClO3. The average Bonchev–Trinajstić information content (AvgIpc) is 2.25. The zero-order valence-electron chi connectivity index (χ0n) is 8.31.